The Morgan fingerprint density at radius 2 is 1.55 bits per heavy atom. The van der Waals surface area contributed by atoms with Crippen molar-refractivity contribution in [2.75, 3.05) is 6.54 Å². The summed E-state index contributed by atoms with van der Waals surface area (Å²) in [4.78, 5) is 19.3. The van der Waals surface area contributed by atoms with E-state index >= 15 is 0 Å². The summed E-state index contributed by atoms with van der Waals surface area (Å²) in [5.74, 6) is -2.15. The first-order valence-corrected chi connectivity index (χ1v) is 7.75. The second kappa shape index (κ2) is 11.6. The molecule has 20 heavy (non-hydrogen) atoms. The van der Waals surface area contributed by atoms with E-state index in [1.54, 1.807) is 0 Å². The maximum absolute atomic E-state index is 10.6. The molecule has 1 unspecified atom stereocenters. The Morgan fingerprint density at radius 3 is 1.80 bits per heavy atom. The number of carboxylic acids is 2. The van der Waals surface area contributed by atoms with Crippen LogP contribution in [0.4, 0.5) is 0 Å². The molecule has 0 spiro atoms. The molecule has 9 heteroatoms. The van der Waals surface area contributed by atoms with E-state index < -0.39 is 27.3 Å². The first-order chi connectivity index (χ1) is 9.15. The molecule has 120 valence electrons. The second-order valence-corrected chi connectivity index (χ2v) is 5.85. The molecule has 0 aliphatic rings. The zero-order chi connectivity index (χ0) is 16.2. The predicted molar refractivity (Wildman–Crippen MR) is 73.0 cm³/mol. The smallest absolute Gasteiger partial charge is 0.303 e. The Morgan fingerprint density at radius 1 is 1.10 bits per heavy atom. The molecule has 0 aliphatic carbocycles. The Labute approximate surface area is 118 Å². The summed E-state index contributed by atoms with van der Waals surface area (Å²) in [5, 5.41) is 15.0. The summed E-state index contributed by atoms with van der Waals surface area (Å²) >= 11 is 0. The highest BCUT2D eigenvalue weighted by atomic mass is 32.2. The molecule has 0 aromatic rings. The molecule has 0 aliphatic heterocycles. The van der Waals surface area contributed by atoms with Gasteiger partial charge in [-0.3, -0.25) is 14.1 Å². The van der Waals surface area contributed by atoms with Crippen LogP contribution in [0.25, 0.3) is 0 Å². The van der Waals surface area contributed by atoms with Gasteiger partial charge in [0.05, 0.1) is 18.1 Å². The Hall–Kier alpha value is -1.19. The van der Waals surface area contributed by atoms with Gasteiger partial charge in [0.2, 0.25) is 0 Å². The largest absolute Gasteiger partial charge is 0.481 e. The molecule has 0 saturated carbocycles. The topological polar surface area (TPSA) is 155 Å². The van der Waals surface area contributed by atoms with E-state index in [1.165, 1.54) is 0 Å². The Bertz CT molecular complexity index is 366. The zero-order valence-electron chi connectivity index (χ0n) is 11.5. The van der Waals surface area contributed by atoms with Crippen molar-refractivity contribution < 1.29 is 32.8 Å². The van der Waals surface area contributed by atoms with E-state index in [0.29, 0.717) is 6.42 Å². The second-order valence-electron chi connectivity index (χ2n) is 4.16. The van der Waals surface area contributed by atoms with Crippen molar-refractivity contribution in [2.45, 2.75) is 50.7 Å². The number of hydrogen-bond donors (Lipinski definition) is 4. The first-order valence-electron chi connectivity index (χ1n) is 6.25. The summed E-state index contributed by atoms with van der Waals surface area (Å²) in [5.41, 5.74) is 5.20. The van der Waals surface area contributed by atoms with Crippen LogP contribution in [-0.4, -0.2) is 46.9 Å². The minimum atomic E-state index is -3.92. The number of carboxylic acid groups (broad SMARTS) is 2. The molecule has 8 nitrogen and oxygen atoms in total. The molecular formula is C11H23NO7S. The van der Waals surface area contributed by atoms with Gasteiger partial charge < -0.3 is 15.9 Å². The van der Waals surface area contributed by atoms with Crippen LogP contribution in [0.1, 0.15) is 45.4 Å². The maximum Gasteiger partial charge on any atom is 0.303 e. The van der Waals surface area contributed by atoms with Gasteiger partial charge in [-0.15, -0.1) is 0 Å². The first kappa shape index (κ1) is 21.1. The number of rotatable bonds is 9. The molecule has 0 rings (SSSR count). The monoisotopic (exact) mass is 313 g/mol. The number of nitrogens with two attached hydrogens (primary N) is 1. The van der Waals surface area contributed by atoms with E-state index in [1.807, 2.05) is 6.92 Å². The fraction of sp³-hybridized carbons (Fsp3) is 0.818. The van der Waals surface area contributed by atoms with Gasteiger partial charge in [0.25, 0.3) is 10.1 Å². The lowest BCUT2D eigenvalue weighted by Crippen LogP contribution is -2.29. The van der Waals surface area contributed by atoms with Gasteiger partial charge in [0.1, 0.15) is 0 Å². The van der Waals surface area contributed by atoms with Crippen molar-refractivity contribution in [1.82, 2.24) is 0 Å². The summed E-state index contributed by atoms with van der Waals surface area (Å²) in [6.07, 6.45) is 2.68. The van der Waals surface area contributed by atoms with E-state index in [4.69, 9.17) is 20.5 Å². The summed E-state index contributed by atoms with van der Waals surface area (Å²) in [6.45, 7) is 2.04. The van der Waals surface area contributed by atoms with Gasteiger partial charge >= 0.3 is 11.9 Å². The lowest BCUT2D eigenvalue weighted by Gasteiger charge is -2.09. The fourth-order valence-corrected chi connectivity index (χ4v) is 1.93. The molecule has 0 radical (unpaired) electrons. The quantitative estimate of drug-likeness (QED) is 0.358. The van der Waals surface area contributed by atoms with Crippen LogP contribution < -0.4 is 5.73 Å². The average Bonchev–Trinajstić information content (AvgIpc) is 2.31. The van der Waals surface area contributed by atoms with Gasteiger partial charge in [0.15, 0.2) is 0 Å². The number of unbranched alkanes of at least 4 members (excludes halogenated alkanes) is 2. The Balaban J connectivity index is 0. The third-order valence-electron chi connectivity index (χ3n) is 2.37. The van der Waals surface area contributed by atoms with Crippen molar-refractivity contribution in [2.24, 2.45) is 5.73 Å². The fourth-order valence-electron chi connectivity index (χ4n) is 1.22. The minimum absolute atomic E-state index is 0.00253. The van der Waals surface area contributed by atoms with Crippen molar-refractivity contribution in [1.29, 1.82) is 0 Å². The highest BCUT2D eigenvalue weighted by molar-refractivity contribution is 7.86. The number of carbonyl (C=O) groups is 2. The molecule has 0 saturated heterocycles. The van der Waals surface area contributed by atoms with Gasteiger partial charge in [-0.1, -0.05) is 26.2 Å². The van der Waals surface area contributed by atoms with Crippen molar-refractivity contribution >= 4 is 22.1 Å². The number of aliphatic carboxylic acids is 2. The SMILES string of the molecule is CCCCCC(CN)S(=O)(=O)O.O=C(O)CCC(=O)O. The lowest BCUT2D eigenvalue weighted by molar-refractivity contribution is -0.143. The molecule has 0 aromatic heterocycles. The Kier molecular flexibility index (Phi) is 12.3. The highest BCUT2D eigenvalue weighted by Gasteiger charge is 2.19. The van der Waals surface area contributed by atoms with Crippen LogP contribution in [0.3, 0.4) is 0 Å². The third-order valence-corrected chi connectivity index (χ3v) is 3.64. The molecule has 0 fully saturated rings. The zero-order valence-corrected chi connectivity index (χ0v) is 12.3. The summed E-state index contributed by atoms with van der Waals surface area (Å²) < 4.78 is 29.9. The van der Waals surface area contributed by atoms with Gasteiger partial charge in [0, 0.05) is 6.54 Å². The number of hydrogen-bond acceptors (Lipinski definition) is 5. The lowest BCUT2D eigenvalue weighted by atomic mass is 10.1. The molecule has 0 aromatic carbocycles. The third kappa shape index (κ3) is 14.9. The summed E-state index contributed by atoms with van der Waals surface area (Å²) in [7, 11) is -3.92. The molecule has 1 atom stereocenters. The van der Waals surface area contributed by atoms with Crippen LogP contribution in [0.2, 0.25) is 0 Å². The summed E-state index contributed by atoms with van der Waals surface area (Å²) in [6, 6.07) is 0. The van der Waals surface area contributed by atoms with Crippen molar-refractivity contribution in [3.8, 4) is 0 Å². The van der Waals surface area contributed by atoms with Gasteiger partial charge in [-0.2, -0.15) is 8.42 Å². The minimum Gasteiger partial charge on any atom is -0.481 e. The normalized spacial score (nSPS) is 12.2. The van der Waals surface area contributed by atoms with Gasteiger partial charge in [-0.05, 0) is 6.42 Å². The molecular weight excluding hydrogens is 290 g/mol. The van der Waals surface area contributed by atoms with E-state index in [0.717, 1.165) is 19.3 Å². The standard InChI is InChI=1S/C7H17NO3S.C4H6O4/c1-2-3-4-5-7(6-8)12(9,10)11;5-3(6)1-2-4(7)8/h7H,2-6,8H2,1H3,(H,9,10,11);1-2H2,(H,5,6)(H,7,8). The predicted octanol–water partition coefficient (Wildman–Crippen LogP) is 0.718. The van der Waals surface area contributed by atoms with Crippen LogP contribution in [0, 0.1) is 0 Å². The van der Waals surface area contributed by atoms with Crippen molar-refractivity contribution in [3.63, 3.8) is 0 Å². The van der Waals surface area contributed by atoms with Crippen LogP contribution >= 0.6 is 0 Å². The van der Waals surface area contributed by atoms with E-state index in [9.17, 15) is 18.0 Å². The maximum atomic E-state index is 10.6. The highest BCUT2D eigenvalue weighted by Crippen LogP contribution is 2.08. The molecule has 5 N–H and O–H groups in total. The molecule has 0 heterocycles. The van der Waals surface area contributed by atoms with E-state index in [-0.39, 0.29) is 19.4 Å². The molecule has 0 amide bonds. The van der Waals surface area contributed by atoms with Crippen LogP contribution in [0.15, 0.2) is 0 Å². The van der Waals surface area contributed by atoms with Gasteiger partial charge in [-0.25, -0.2) is 0 Å². The van der Waals surface area contributed by atoms with E-state index in [2.05, 4.69) is 0 Å². The van der Waals surface area contributed by atoms with Crippen molar-refractivity contribution in [3.05, 3.63) is 0 Å². The van der Waals surface area contributed by atoms with Crippen LogP contribution in [-0.2, 0) is 19.7 Å². The molecule has 0 bridgehead atoms. The average molecular weight is 313 g/mol. The van der Waals surface area contributed by atoms with Crippen LogP contribution in [0.5, 0.6) is 0 Å².